The first kappa shape index (κ1) is 22.7. The Morgan fingerprint density at radius 1 is 0.828 bits per heavy atom. The molecule has 0 spiro atoms. The summed E-state index contributed by atoms with van der Waals surface area (Å²) in [6.45, 7) is 0. The molecule has 0 aliphatic carbocycles. The second-order valence-corrected chi connectivity index (χ2v) is 10.7. The number of sulfonamides is 1. The molecule has 0 saturated heterocycles. The summed E-state index contributed by atoms with van der Waals surface area (Å²) < 4.78 is 51.0. The maximum absolute atomic E-state index is 12.5. The van der Waals surface area contributed by atoms with Gasteiger partial charge in [-0.05, 0) is 42.5 Å². The summed E-state index contributed by atoms with van der Waals surface area (Å²) in [4.78, 5) is 12.5. The summed E-state index contributed by atoms with van der Waals surface area (Å²) in [6, 6.07) is 12.5. The van der Waals surface area contributed by atoms with Crippen molar-refractivity contribution in [2.24, 2.45) is 0 Å². The fourth-order valence-corrected chi connectivity index (χ4v) is 3.75. The van der Waals surface area contributed by atoms with Gasteiger partial charge in [0, 0.05) is 39.4 Å². The number of hydrogen-bond acceptors (Lipinski definition) is 5. The third-order valence-corrected chi connectivity index (χ3v) is 7.30. The Kier molecular flexibility index (Phi) is 6.56. The van der Waals surface area contributed by atoms with Crippen LogP contribution >= 0.6 is 0 Å². The van der Waals surface area contributed by atoms with Gasteiger partial charge in [0.1, 0.15) is 0 Å². The van der Waals surface area contributed by atoms with Crippen LogP contribution in [0.25, 0.3) is 0 Å². The summed E-state index contributed by atoms with van der Waals surface area (Å²) in [7, 11) is -1.33. The molecule has 0 aliphatic rings. The predicted molar refractivity (Wildman–Crippen MR) is 115 cm³/mol. The SMILES string of the molecule is CN(c1cccc(NC(=O)c2ccc(N(C)S(=O)(=O)N(C)C)cc2)c1)S(C)(=O)=O. The first-order valence-corrected chi connectivity index (χ1v) is 11.7. The predicted octanol–water partition coefficient (Wildman–Crippen LogP) is 1.58. The second kappa shape index (κ2) is 8.39. The molecular weight excluding hydrogens is 416 g/mol. The zero-order valence-electron chi connectivity index (χ0n) is 16.8. The number of rotatable bonds is 7. The van der Waals surface area contributed by atoms with Crippen LogP contribution < -0.4 is 13.9 Å². The van der Waals surface area contributed by atoms with Gasteiger partial charge in [-0.1, -0.05) is 6.07 Å². The van der Waals surface area contributed by atoms with E-state index in [1.807, 2.05) is 0 Å². The summed E-state index contributed by atoms with van der Waals surface area (Å²) in [5.41, 5.74) is 1.58. The van der Waals surface area contributed by atoms with E-state index in [-0.39, 0.29) is 0 Å². The maximum Gasteiger partial charge on any atom is 0.303 e. The normalized spacial score (nSPS) is 11.9. The van der Waals surface area contributed by atoms with Crippen molar-refractivity contribution in [1.82, 2.24) is 4.31 Å². The second-order valence-electron chi connectivity index (χ2n) is 6.54. The van der Waals surface area contributed by atoms with Gasteiger partial charge >= 0.3 is 10.2 Å². The van der Waals surface area contributed by atoms with Crippen molar-refractivity contribution in [2.75, 3.05) is 48.4 Å². The van der Waals surface area contributed by atoms with E-state index < -0.39 is 26.1 Å². The van der Waals surface area contributed by atoms with Crippen LogP contribution in [0.1, 0.15) is 10.4 Å². The number of carbonyl (C=O) groups excluding carboxylic acids is 1. The van der Waals surface area contributed by atoms with E-state index in [9.17, 15) is 21.6 Å². The van der Waals surface area contributed by atoms with Crippen LogP contribution in [0.5, 0.6) is 0 Å². The summed E-state index contributed by atoms with van der Waals surface area (Å²) in [6.07, 6.45) is 1.09. The molecule has 0 aliphatic heterocycles. The Balaban J connectivity index is 2.18. The highest BCUT2D eigenvalue weighted by Crippen LogP contribution is 2.22. The maximum atomic E-state index is 12.5. The quantitative estimate of drug-likeness (QED) is 0.703. The lowest BCUT2D eigenvalue weighted by molar-refractivity contribution is 0.102. The molecule has 0 saturated carbocycles. The van der Waals surface area contributed by atoms with Gasteiger partial charge in [-0.15, -0.1) is 0 Å². The fourth-order valence-electron chi connectivity index (χ4n) is 2.38. The zero-order valence-corrected chi connectivity index (χ0v) is 18.5. The van der Waals surface area contributed by atoms with Crippen molar-refractivity contribution in [3.8, 4) is 0 Å². The zero-order chi connectivity index (χ0) is 22.0. The van der Waals surface area contributed by atoms with E-state index in [4.69, 9.17) is 0 Å². The molecule has 0 bridgehead atoms. The third kappa shape index (κ3) is 5.25. The summed E-state index contributed by atoms with van der Waals surface area (Å²) in [5, 5.41) is 2.70. The highest BCUT2D eigenvalue weighted by Gasteiger charge is 2.21. The van der Waals surface area contributed by atoms with Crippen LogP contribution in [0.3, 0.4) is 0 Å². The van der Waals surface area contributed by atoms with E-state index >= 15 is 0 Å². The lowest BCUT2D eigenvalue weighted by Gasteiger charge is -2.23. The van der Waals surface area contributed by atoms with Gasteiger partial charge in [-0.2, -0.15) is 12.7 Å². The molecule has 29 heavy (non-hydrogen) atoms. The number of anilines is 3. The average molecular weight is 441 g/mol. The smallest absolute Gasteiger partial charge is 0.303 e. The Bertz CT molecular complexity index is 1100. The van der Waals surface area contributed by atoms with E-state index in [1.165, 1.54) is 52.5 Å². The molecule has 2 aromatic rings. The van der Waals surface area contributed by atoms with Crippen LogP contribution in [0.2, 0.25) is 0 Å². The molecule has 0 atom stereocenters. The number of nitrogens with one attached hydrogen (secondary N) is 1. The minimum Gasteiger partial charge on any atom is -0.322 e. The van der Waals surface area contributed by atoms with Gasteiger partial charge in [-0.3, -0.25) is 13.4 Å². The Morgan fingerprint density at radius 3 is 1.93 bits per heavy atom. The van der Waals surface area contributed by atoms with Crippen molar-refractivity contribution >= 4 is 43.2 Å². The average Bonchev–Trinajstić information content (AvgIpc) is 2.66. The fraction of sp³-hybridized carbons (Fsp3) is 0.278. The van der Waals surface area contributed by atoms with Crippen LogP contribution in [0.15, 0.2) is 48.5 Å². The van der Waals surface area contributed by atoms with E-state index in [1.54, 1.807) is 24.3 Å². The molecule has 1 N–H and O–H groups in total. The summed E-state index contributed by atoms with van der Waals surface area (Å²) >= 11 is 0. The monoisotopic (exact) mass is 440 g/mol. The first-order chi connectivity index (χ1) is 13.3. The van der Waals surface area contributed by atoms with Gasteiger partial charge in [0.25, 0.3) is 5.91 Å². The Labute approximate surface area is 171 Å². The molecule has 9 nitrogen and oxygen atoms in total. The molecule has 2 aromatic carbocycles. The van der Waals surface area contributed by atoms with Crippen molar-refractivity contribution in [3.05, 3.63) is 54.1 Å². The minimum absolute atomic E-state index is 0.325. The Hall–Kier alpha value is -2.63. The lowest BCUT2D eigenvalue weighted by atomic mass is 10.2. The molecule has 0 aromatic heterocycles. The van der Waals surface area contributed by atoms with E-state index in [0.29, 0.717) is 22.6 Å². The molecule has 158 valence electrons. The first-order valence-electron chi connectivity index (χ1n) is 8.46. The van der Waals surface area contributed by atoms with Gasteiger partial charge < -0.3 is 5.32 Å². The van der Waals surface area contributed by atoms with Crippen LogP contribution in [-0.4, -0.2) is 61.5 Å². The molecule has 2 rings (SSSR count). The highest BCUT2D eigenvalue weighted by atomic mass is 32.2. The van der Waals surface area contributed by atoms with E-state index in [0.717, 1.165) is 19.2 Å². The van der Waals surface area contributed by atoms with E-state index in [2.05, 4.69) is 5.32 Å². The molecule has 0 radical (unpaired) electrons. The molecule has 1 amide bonds. The number of nitrogens with zero attached hydrogens (tertiary/aromatic N) is 3. The molecule has 0 fully saturated rings. The lowest BCUT2D eigenvalue weighted by Crippen LogP contribution is -2.37. The highest BCUT2D eigenvalue weighted by molar-refractivity contribution is 7.92. The van der Waals surface area contributed by atoms with Crippen molar-refractivity contribution in [2.45, 2.75) is 0 Å². The third-order valence-electron chi connectivity index (χ3n) is 4.27. The standard InChI is InChI=1S/C18H24N4O5S2/c1-20(2)29(26,27)22(4)16-11-9-14(10-12-16)18(23)19-15-7-6-8-17(13-15)21(3)28(5,24)25/h6-13H,1-5H3,(H,19,23). The number of carbonyl (C=O) groups is 1. The topological polar surface area (TPSA) is 107 Å². The number of benzene rings is 2. The van der Waals surface area contributed by atoms with Crippen LogP contribution in [0.4, 0.5) is 17.1 Å². The van der Waals surface area contributed by atoms with Crippen molar-refractivity contribution < 1.29 is 21.6 Å². The summed E-state index contributed by atoms with van der Waals surface area (Å²) in [5.74, 6) is -0.408. The van der Waals surface area contributed by atoms with Crippen molar-refractivity contribution in [1.29, 1.82) is 0 Å². The molecule has 0 heterocycles. The van der Waals surface area contributed by atoms with Gasteiger partial charge in [-0.25, -0.2) is 8.42 Å². The van der Waals surface area contributed by atoms with Gasteiger partial charge in [0.15, 0.2) is 0 Å². The molecular formula is C18H24N4O5S2. The largest absolute Gasteiger partial charge is 0.322 e. The number of amides is 1. The van der Waals surface area contributed by atoms with Crippen LogP contribution in [0, 0.1) is 0 Å². The van der Waals surface area contributed by atoms with Gasteiger partial charge in [0.05, 0.1) is 17.6 Å². The van der Waals surface area contributed by atoms with Crippen LogP contribution in [-0.2, 0) is 20.2 Å². The molecule has 11 heteroatoms. The minimum atomic E-state index is -3.62. The Morgan fingerprint density at radius 2 is 1.41 bits per heavy atom. The number of hydrogen-bond donors (Lipinski definition) is 1. The van der Waals surface area contributed by atoms with Gasteiger partial charge in [0.2, 0.25) is 10.0 Å². The molecule has 0 unspecified atom stereocenters. The van der Waals surface area contributed by atoms with Crippen molar-refractivity contribution in [3.63, 3.8) is 0 Å².